The standard InChI is InChI=1S/C14H17N3O2S.ClH/c15-11-4-1-5-12-10(11)3-2-6-17(12)13(18)7-16-9-20-8-14(16)19;/h1,4-5H,2-3,6-9,15H2;1H. The Kier molecular flexibility index (Phi) is 5.00. The van der Waals surface area contributed by atoms with Crippen molar-refractivity contribution in [2.75, 3.05) is 35.4 Å². The molecule has 2 aliphatic heterocycles. The summed E-state index contributed by atoms with van der Waals surface area (Å²) in [7, 11) is 0. The Morgan fingerprint density at radius 2 is 2.19 bits per heavy atom. The molecule has 0 radical (unpaired) electrons. The Morgan fingerprint density at radius 3 is 2.90 bits per heavy atom. The smallest absolute Gasteiger partial charge is 0.246 e. The average molecular weight is 328 g/mol. The number of anilines is 2. The average Bonchev–Trinajstić information content (AvgIpc) is 2.84. The number of rotatable bonds is 2. The number of nitrogens with zero attached hydrogens (tertiary/aromatic N) is 2. The highest BCUT2D eigenvalue weighted by Crippen LogP contribution is 2.31. The molecule has 21 heavy (non-hydrogen) atoms. The Balaban J connectivity index is 0.00000161. The van der Waals surface area contributed by atoms with Gasteiger partial charge in [-0.2, -0.15) is 0 Å². The van der Waals surface area contributed by atoms with Crippen LogP contribution in [0.5, 0.6) is 0 Å². The van der Waals surface area contributed by atoms with Gasteiger partial charge in [-0.25, -0.2) is 0 Å². The van der Waals surface area contributed by atoms with Crippen LogP contribution in [0.3, 0.4) is 0 Å². The molecule has 2 heterocycles. The minimum atomic E-state index is -0.0209. The summed E-state index contributed by atoms with van der Waals surface area (Å²) < 4.78 is 0. The van der Waals surface area contributed by atoms with Crippen molar-refractivity contribution >= 4 is 47.4 Å². The molecule has 114 valence electrons. The third-order valence-corrected chi connectivity index (χ3v) is 4.68. The number of nitrogen functional groups attached to an aromatic ring is 1. The highest BCUT2D eigenvalue weighted by atomic mass is 35.5. The van der Waals surface area contributed by atoms with Crippen LogP contribution in [-0.4, -0.2) is 41.4 Å². The summed E-state index contributed by atoms with van der Waals surface area (Å²) in [6, 6.07) is 5.67. The number of hydrogen-bond acceptors (Lipinski definition) is 4. The lowest BCUT2D eigenvalue weighted by atomic mass is 10.00. The molecule has 0 atom stereocenters. The number of nitrogens with two attached hydrogens (primary N) is 1. The van der Waals surface area contributed by atoms with E-state index in [-0.39, 0.29) is 30.8 Å². The van der Waals surface area contributed by atoms with E-state index < -0.39 is 0 Å². The Hall–Kier alpha value is -1.40. The van der Waals surface area contributed by atoms with Crippen LogP contribution >= 0.6 is 24.2 Å². The van der Waals surface area contributed by atoms with E-state index in [2.05, 4.69) is 0 Å². The Labute approximate surface area is 134 Å². The monoisotopic (exact) mass is 327 g/mol. The topological polar surface area (TPSA) is 66.6 Å². The second kappa shape index (κ2) is 6.58. The SMILES string of the molecule is Cl.Nc1cccc2c1CCCN2C(=O)CN1CSCC1=O. The molecule has 7 heteroatoms. The lowest BCUT2D eigenvalue weighted by Gasteiger charge is -2.31. The molecule has 0 spiro atoms. The van der Waals surface area contributed by atoms with E-state index in [4.69, 9.17) is 5.73 Å². The summed E-state index contributed by atoms with van der Waals surface area (Å²) in [4.78, 5) is 27.5. The maximum absolute atomic E-state index is 12.5. The summed E-state index contributed by atoms with van der Waals surface area (Å²) in [5, 5.41) is 0. The van der Waals surface area contributed by atoms with Crippen LogP contribution in [0.15, 0.2) is 18.2 Å². The van der Waals surface area contributed by atoms with Crippen LogP contribution in [0, 0.1) is 0 Å². The zero-order valence-corrected chi connectivity index (χ0v) is 13.2. The molecular weight excluding hydrogens is 310 g/mol. The number of amides is 2. The molecule has 1 aromatic rings. The van der Waals surface area contributed by atoms with Crippen molar-refractivity contribution < 1.29 is 9.59 Å². The highest BCUT2D eigenvalue weighted by Gasteiger charge is 2.28. The Morgan fingerprint density at radius 1 is 1.38 bits per heavy atom. The zero-order chi connectivity index (χ0) is 14.1. The summed E-state index contributed by atoms with van der Waals surface area (Å²) >= 11 is 1.55. The molecule has 5 nitrogen and oxygen atoms in total. The van der Waals surface area contributed by atoms with Gasteiger partial charge in [0.15, 0.2) is 0 Å². The summed E-state index contributed by atoms with van der Waals surface area (Å²) in [6.45, 7) is 0.866. The number of fused-ring (bicyclic) bond motifs is 1. The summed E-state index contributed by atoms with van der Waals surface area (Å²) in [5.41, 5.74) is 8.68. The van der Waals surface area contributed by atoms with Crippen LogP contribution < -0.4 is 10.6 Å². The first-order valence-corrected chi connectivity index (χ1v) is 7.85. The van der Waals surface area contributed by atoms with Crippen molar-refractivity contribution in [3.63, 3.8) is 0 Å². The minimum absolute atomic E-state index is 0. The van der Waals surface area contributed by atoms with Gasteiger partial charge < -0.3 is 15.5 Å². The van der Waals surface area contributed by atoms with Gasteiger partial charge in [0.25, 0.3) is 0 Å². The van der Waals surface area contributed by atoms with Gasteiger partial charge in [0, 0.05) is 17.9 Å². The number of halogens is 1. The lowest BCUT2D eigenvalue weighted by Crippen LogP contribution is -2.43. The molecule has 2 aliphatic rings. The molecule has 0 aliphatic carbocycles. The fourth-order valence-electron chi connectivity index (χ4n) is 2.70. The second-order valence-corrected chi connectivity index (χ2v) is 6.02. The summed E-state index contributed by atoms with van der Waals surface area (Å²) in [5.74, 6) is 1.12. The molecule has 0 bridgehead atoms. The predicted octanol–water partition coefficient (Wildman–Crippen LogP) is 1.50. The maximum Gasteiger partial charge on any atom is 0.246 e. The molecular formula is C14H18ClN3O2S. The number of carbonyl (C=O) groups is 2. The largest absolute Gasteiger partial charge is 0.398 e. The van der Waals surface area contributed by atoms with E-state index in [9.17, 15) is 9.59 Å². The molecule has 1 aromatic carbocycles. The van der Waals surface area contributed by atoms with Gasteiger partial charge in [-0.3, -0.25) is 9.59 Å². The predicted molar refractivity (Wildman–Crippen MR) is 87.8 cm³/mol. The van der Waals surface area contributed by atoms with Gasteiger partial charge in [0.2, 0.25) is 11.8 Å². The van der Waals surface area contributed by atoms with E-state index in [1.54, 1.807) is 21.6 Å². The first-order valence-electron chi connectivity index (χ1n) is 6.70. The maximum atomic E-state index is 12.5. The van der Waals surface area contributed by atoms with Crippen LogP contribution in [0.4, 0.5) is 11.4 Å². The van der Waals surface area contributed by atoms with Gasteiger partial charge in [-0.1, -0.05) is 6.07 Å². The van der Waals surface area contributed by atoms with Gasteiger partial charge in [0.05, 0.1) is 11.6 Å². The molecule has 0 saturated carbocycles. The van der Waals surface area contributed by atoms with Crippen molar-refractivity contribution in [3.05, 3.63) is 23.8 Å². The van der Waals surface area contributed by atoms with Crippen LogP contribution in [0.2, 0.25) is 0 Å². The quantitative estimate of drug-likeness (QED) is 0.836. The number of benzene rings is 1. The van der Waals surface area contributed by atoms with Crippen LogP contribution in [-0.2, 0) is 16.0 Å². The first-order chi connectivity index (χ1) is 9.66. The van der Waals surface area contributed by atoms with Crippen molar-refractivity contribution in [2.24, 2.45) is 0 Å². The fraction of sp³-hybridized carbons (Fsp3) is 0.429. The normalized spacial score (nSPS) is 17.4. The molecule has 0 aromatic heterocycles. The van der Waals surface area contributed by atoms with E-state index >= 15 is 0 Å². The summed E-state index contributed by atoms with van der Waals surface area (Å²) in [6.07, 6.45) is 1.82. The van der Waals surface area contributed by atoms with Crippen molar-refractivity contribution in [1.29, 1.82) is 0 Å². The van der Waals surface area contributed by atoms with Crippen molar-refractivity contribution in [3.8, 4) is 0 Å². The number of hydrogen-bond donors (Lipinski definition) is 1. The molecule has 1 fully saturated rings. The van der Waals surface area contributed by atoms with E-state index in [0.29, 0.717) is 18.2 Å². The molecule has 2 N–H and O–H groups in total. The van der Waals surface area contributed by atoms with Crippen molar-refractivity contribution in [1.82, 2.24) is 4.90 Å². The third kappa shape index (κ3) is 3.11. The van der Waals surface area contributed by atoms with Crippen LogP contribution in [0.1, 0.15) is 12.0 Å². The van der Waals surface area contributed by atoms with Gasteiger partial charge in [-0.15, -0.1) is 24.2 Å². The number of thioether (sulfide) groups is 1. The molecule has 0 unspecified atom stereocenters. The molecule has 2 amide bonds. The van der Waals surface area contributed by atoms with E-state index in [0.717, 1.165) is 29.8 Å². The second-order valence-electron chi connectivity index (χ2n) is 5.06. The van der Waals surface area contributed by atoms with Gasteiger partial charge in [-0.05, 0) is 30.5 Å². The molecule has 3 rings (SSSR count). The fourth-order valence-corrected chi connectivity index (χ4v) is 3.60. The lowest BCUT2D eigenvalue weighted by molar-refractivity contribution is -0.131. The zero-order valence-electron chi connectivity index (χ0n) is 11.6. The van der Waals surface area contributed by atoms with Gasteiger partial charge >= 0.3 is 0 Å². The van der Waals surface area contributed by atoms with E-state index in [1.807, 2.05) is 18.2 Å². The minimum Gasteiger partial charge on any atom is -0.398 e. The molecule has 1 saturated heterocycles. The Bertz CT molecular complexity index is 567. The first kappa shape index (κ1) is 16.0. The number of carbonyl (C=O) groups excluding carboxylic acids is 2. The van der Waals surface area contributed by atoms with E-state index in [1.165, 1.54) is 0 Å². The highest BCUT2D eigenvalue weighted by molar-refractivity contribution is 8.00. The third-order valence-electron chi connectivity index (χ3n) is 3.74. The van der Waals surface area contributed by atoms with Crippen molar-refractivity contribution in [2.45, 2.75) is 12.8 Å². The van der Waals surface area contributed by atoms with Gasteiger partial charge in [0.1, 0.15) is 6.54 Å². The van der Waals surface area contributed by atoms with Crippen LogP contribution in [0.25, 0.3) is 0 Å².